The van der Waals surface area contributed by atoms with Crippen LogP contribution in [0.5, 0.6) is 0 Å². The number of carbonyl (C=O) groups is 1. The lowest BCUT2D eigenvalue weighted by molar-refractivity contribution is 0.0723. The molecule has 0 saturated carbocycles. The lowest BCUT2D eigenvalue weighted by Gasteiger charge is -2.28. The molecule has 1 aliphatic rings. The van der Waals surface area contributed by atoms with Crippen LogP contribution in [0.4, 0.5) is 5.69 Å². The van der Waals surface area contributed by atoms with E-state index in [9.17, 15) is 4.79 Å². The van der Waals surface area contributed by atoms with Crippen LogP contribution >= 0.6 is 0 Å². The summed E-state index contributed by atoms with van der Waals surface area (Å²) in [5.74, 6) is 0.703. The molecular weight excluding hydrogens is 242 g/mol. The number of anilines is 1. The minimum Gasteiger partial charge on any atom is -0.398 e. The number of hydrogen-bond donors (Lipinski definition) is 2. The number of fused-ring (bicyclic) bond motifs is 1. The van der Waals surface area contributed by atoms with Crippen molar-refractivity contribution >= 4 is 11.6 Å². The van der Waals surface area contributed by atoms with Gasteiger partial charge in [0.2, 0.25) is 5.82 Å². The van der Waals surface area contributed by atoms with Gasteiger partial charge in [-0.05, 0) is 30.5 Å². The molecular formula is C13H15N5O. The number of carbonyl (C=O) groups excluding carboxylic acids is 1. The van der Waals surface area contributed by atoms with E-state index in [0.29, 0.717) is 18.9 Å². The quantitative estimate of drug-likeness (QED) is 0.743. The van der Waals surface area contributed by atoms with Gasteiger partial charge in [-0.3, -0.25) is 9.89 Å². The summed E-state index contributed by atoms with van der Waals surface area (Å²) in [5, 5.41) is 6.60. The van der Waals surface area contributed by atoms with Crippen LogP contribution in [0.2, 0.25) is 0 Å². The number of amides is 1. The maximum atomic E-state index is 12.3. The molecule has 6 nitrogen and oxygen atoms in total. The molecule has 1 amide bonds. The molecule has 1 aromatic heterocycles. The molecule has 2 aromatic rings. The summed E-state index contributed by atoms with van der Waals surface area (Å²) >= 11 is 0. The SMILES string of the molecule is Cc1nc(C(=O)N2CCc3cccc(N)c3C2)n[nH]1. The Hall–Kier alpha value is -2.37. The zero-order valence-electron chi connectivity index (χ0n) is 10.7. The van der Waals surface area contributed by atoms with Crippen molar-refractivity contribution in [3.63, 3.8) is 0 Å². The average molecular weight is 257 g/mol. The molecule has 6 heteroatoms. The number of aromatic nitrogens is 3. The van der Waals surface area contributed by atoms with E-state index in [-0.39, 0.29) is 11.7 Å². The van der Waals surface area contributed by atoms with Crippen LogP contribution < -0.4 is 5.73 Å². The number of nitrogens with two attached hydrogens (primary N) is 1. The first kappa shape index (κ1) is 11.7. The third kappa shape index (κ3) is 2.05. The first-order valence-corrected chi connectivity index (χ1v) is 6.19. The molecule has 0 unspecified atom stereocenters. The molecule has 0 spiro atoms. The van der Waals surface area contributed by atoms with Crippen molar-refractivity contribution in [2.24, 2.45) is 0 Å². The van der Waals surface area contributed by atoms with Crippen molar-refractivity contribution in [3.05, 3.63) is 41.0 Å². The second-order valence-corrected chi connectivity index (χ2v) is 4.71. The Morgan fingerprint density at radius 1 is 1.47 bits per heavy atom. The third-order valence-corrected chi connectivity index (χ3v) is 3.39. The molecule has 0 aliphatic carbocycles. The number of aromatic amines is 1. The van der Waals surface area contributed by atoms with Crippen molar-refractivity contribution in [1.29, 1.82) is 0 Å². The van der Waals surface area contributed by atoms with Crippen LogP contribution in [-0.4, -0.2) is 32.5 Å². The highest BCUT2D eigenvalue weighted by atomic mass is 16.2. The summed E-state index contributed by atoms with van der Waals surface area (Å²) in [4.78, 5) is 18.1. The van der Waals surface area contributed by atoms with Crippen LogP contribution in [0.15, 0.2) is 18.2 Å². The molecule has 0 fully saturated rings. The van der Waals surface area contributed by atoms with Gasteiger partial charge in [-0.1, -0.05) is 12.1 Å². The molecule has 3 N–H and O–H groups in total. The Morgan fingerprint density at radius 2 is 2.32 bits per heavy atom. The average Bonchev–Trinajstić information content (AvgIpc) is 2.85. The second kappa shape index (κ2) is 4.38. The maximum Gasteiger partial charge on any atom is 0.293 e. The van der Waals surface area contributed by atoms with Crippen LogP contribution in [0, 0.1) is 6.92 Å². The molecule has 1 aliphatic heterocycles. The first-order chi connectivity index (χ1) is 9.15. The number of aryl methyl sites for hydroxylation is 1. The summed E-state index contributed by atoms with van der Waals surface area (Å²) in [7, 11) is 0. The molecule has 2 heterocycles. The first-order valence-electron chi connectivity index (χ1n) is 6.19. The van der Waals surface area contributed by atoms with Crippen molar-refractivity contribution in [2.45, 2.75) is 19.9 Å². The van der Waals surface area contributed by atoms with E-state index in [2.05, 4.69) is 21.2 Å². The van der Waals surface area contributed by atoms with Crippen molar-refractivity contribution in [2.75, 3.05) is 12.3 Å². The second-order valence-electron chi connectivity index (χ2n) is 4.71. The van der Waals surface area contributed by atoms with Crippen molar-refractivity contribution in [3.8, 4) is 0 Å². The number of nitrogen functional groups attached to an aromatic ring is 1. The van der Waals surface area contributed by atoms with E-state index < -0.39 is 0 Å². The molecule has 3 rings (SSSR count). The highest BCUT2D eigenvalue weighted by molar-refractivity contribution is 5.90. The molecule has 19 heavy (non-hydrogen) atoms. The Bertz CT molecular complexity index is 634. The van der Waals surface area contributed by atoms with Gasteiger partial charge in [0.15, 0.2) is 0 Å². The monoisotopic (exact) mass is 257 g/mol. The zero-order valence-corrected chi connectivity index (χ0v) is 10.7. The minimum absolute atomic E-state index is 0.154. The lowest BCUT2D eigenvalue weighted by atomic mass is 9.98. The van der Waals surface area contributed by atoms with Gasteiger partial charge in [0, 0.05) is 18.8 Å². The van der Waals surface area contributed by atoms with E-state index in [4.69, 9.17) is 5.73 Å². The van der Waals surface area contributed by atoms with Crippen LogP contribution in [-0.2, 0) is 13.0 Å². The lowest BCUT2D eigenvalue weighted by Crippen LogP contribution is -2.36. The van der Waals surface area contributed by atoms with Gasteiger partial charge in [0.1, 0.15) is 5.82 Å². The third-order valence-electron chi connectivity index (χ3n) is 3.39. The molecule has 0 saturated heterocycles. The van der Waals surface area contributed by atoms with E-state index in [1.54, 1.807) is 11.8 Å². The minimum atomic E-state index is -0.154. The molecule has 0 bridgehead atoms. The molecule has 0 radical (unpaired) electrons. The fraction of sp³-hybridized carbons (Fsp3) is 0.308. The predicted molar refractivity (Wildman–Crippen MR) is 70.4 cm³/mol. The van der Waals surface area contributed by atoms with Gasteiger partial charge < -0.3 is 10.6 Å². The smallest absolute Gasteiger partial charge is 0.293 e. The highest BCUT2D eigenvalue weighted by Crippen LogP contribution is 2.24. The number of nitrogens with zero attached hydrogens (tertiary/aromatic N) is 3. The number of H-pyrrole nitrogens is 1. The van der Waals surface area contributed by atoms with E-state index in [1.165, 1.54) is 5.56 Å². The van der Waals surface area contributed by atoms with E-state index in [1.807, 2.05) is 12.1 Å². The fourth-order valence-electron chi connectivity index (χ4n) is 2.36. The van der Waals surface area contributed by atoms with Crippen molar-refractivity contribution < 1.29 is 4.79 Å². The number of rotatable bonds is 1. The highest BCUT2D eigenvalue weighted by Gasteiger charge is 2.25. The number of benzene rings is 1. The van der Waals surface area contributed by atoms with Gasteiger partial charge in [-0.25, -0.2) is 4.98 Å². The molecule has 0 atom stereocenters. The summed E-state index contributed by atoms with van der Waals surface area (Å²) in [6, 6.07) is 5.87. The molecule has 98 valence electrons. The Morgan fingerprint density at radius 3 is 3.05 bits per heavy atom. The van der Waals surface area contributed by atoms with Gasteiger partial charge in [0.25, 0.3) is 5.91 Å². The van der Waals surface area contributed by atoms with Gasteiger partial charge in [-0.15, -0.1) is 5.10 Å². The fourth-order valence-corrected chi connectivity index (χ4v) is 2.36. The largest absolute Gasteiger partial charge is 0.398 e. The normalized spacial score (nSPS) is 14.3. The summed E-state index contributed by atoms with van der Waals surface area (Å²) in [6.07, 6.45) is 0.815. The Labute approximate surface area is 110 Å². The Balaban J connectivity index is 1.86. The van der Waals surface area contributed by atoms with E-state index >= 15 is 0 Å². The van der Waals surface area contributed by atoms with Gasteiger partial charge in [-0.2, -0.15) is 0 Å². The summed E-state index contributed by atoms with van der Waals surface area (Å²) in [5.41, 5.74) is 8.96. The summed E-state index contributed by atoms with van der Waals surface area (Å²) in [6.45, 7) is 2.96. The standard InChI is InChI=1S/C13H15N5O/c1-8-15-12(17-16-8)13(19)18-6-5-9-3-2-4-11(14)10(9)7-18/h2-4H,5-7,14H2,1H3,(H,15,16,17). The molecule has 1 aromatic carbocycles. The van der Waals surface area contributed by atoms with Crippen molar-refractivity contribution in [1.82, 2.24) is 20.1 Å². The van der Waals surface area contributed by atoms with Gasteiger partial charge in [0.05, 0.1) is 0 Å². The Kier molecular flexibility index (Phi) is 2.70. The van der Waals surface area contributed by atoms with Crippen LogP contribution in [0.25, 0.3) is 0 Å². The predicted octanol–water partition coefficient (Wildman–Crippen LogP) is 0.894. The topological polar surface area (TPSA) is 87.9 Å². The number of hydrogen-bond acceptors (Lipinski definition) is 4. The number of nitrogens with one attached hydrogen (secondary N) is 1. The summed E-state index contributed by atoms with van der Waals surface area (Å²) < 4.78 is 0. The van der Waals surface area contributed by atoms with Crippen LogP contribution in [0.1, 0.15) is 27.6 Å². The van der Waals surface area contributed by atoms with Crippen LogP contribution in [0.3, 0.4) is 0 Å². The zero-order chi connectivity index (χ0) is 13.4. The van der Waals surface area contributed by atoms with Gasteiger partial charge >= 0.3 is 0 Å². The maximum absolute atomic E-state index is 12.3. The van der Waals surface area contributed by atoms with E-state index in [0.717, 1.165) is 17.7 Å².